The van der Waals surface area contributed by atoms with Gasteiger partial charge in [-0.15, -0.1) is 12.4 Å². The van der Waals surface area contributed by atoms with Crippen molar-refractivity contribution < 1.29 is 14.4 Å². The zero-order chi connectivity index (χ0) is 30.3. The van der Waals surface area contributed by atoms with Crippen molar-refractivity contribution in [2.45, 2.75) is 0 Å². The Bertz CT molecular complexity index is 1680. The van der Waals surface area contributed by atoms with E-state index < -0.39 is 6.03 Å². The average Bonchev–Trinajstić information content (AvgIpc) is 3.77. The maximum Gasteiger partial charge on any atom is 0.323 e. The fraction of sp³-hybridized carbons (Fsp3) is 0.121. The Morgan fingerprint density at radius 2 is 0.933 bits per heavy atom. The standard InChI is InChI=1S/C33H30N8O3.ClH/c42-31(38-25-9-1-5-21(17-25)29-34-13-14-35-29)23-7-3-11-27(19-23)40-33(44)41-28-12-4-8-24(20-28)32(43)39-26-10-2-6-22(18-26)30-36-15-16-37-30;/h1-12,17-20H,13-16H2,(H,34,35)(H,36,37)(H,38,42)(H,39,43)(H2,40,41,44);1H. The molecular weight excluding hydrogens is 592 g/mol. The second kappa shape index (κ2) is 14.2. The highest BCUT2D eigenvalue weighted by molar-refractivity contribution is 6.09. The highest BCUT2D eigenvalue weighted by atomic mass is 35.5. The molecule has 6 N–H and O–H groups in total. The van der Waals surface area contributed by atoms with Gasteiger partial charge in [-0.05, 0) is 60.7 Å². The van der Waals surface area contributed by atoms with Crippen molar-refractivity contribution in [2.75, 3.05) is 47.4 Å². The van der Waals surface area contributed by atoms with Crippen LogP contribution in [-0.2, 0) is 0 Å². The molecule has 0 fully saturated rings. The van der Waals surface area contributed by atoms with E-state index in [2.05, 4.69) is 41.9 Å². The fourth-order valence-electron chi connectivity index (χ4n) is 4.85. The molecule has 6 rings (SSSR count). The topological polar surface area (TPSA) is 148 Å². The third-order valence-electron chi connectivity index (χ3n) is 6.90. The molecule has 45 heavy (non-hydrogen) atoms. The van der Waals surface area contributed by atoms with Crippen molar-refractivity contribution in [1.29, 1.82) is 0 Å². The molecule has 0 radical (unpaired) electrons. The Kier molecular flexibility index (Phi) is 9.70. The molecule has 0 atom stereocenters. The summed E-state index contributed by atoms with van der Waals surface area (Å²) in [5.74, 6) is 0.985. The van der Waals surface area contributed by atoms with Crippen molar-refractivity contribution in [3.8, 4) is 0 Å². The smallest absolute Gasteiger partial charge is 0.323 e. The number of carbonyl (C=O) groups excluding carboxylic acids is 3. The largest absolute Gasteiger partial charge is 0.368 e. The number of carbonyl (C=O) groups is 3. The molecule has 228 valence electrons. The van der Waals surface area contributed by atoms with Crippen molar-refractivity contribution >= 4 is 64.7 Å². The second-order valence-electron chi connectivity index (χ2n) is 10.1. The second-order valence-corrected chi connectivity index (χ2v) is 10.1. The quantitative estimate of drug-likeness (QED) is 0.164. The van der Waals surface area contributed by atoms with Crippen LogP contribution in [0.2, 0.25) is 0 Å². The summed E-state index contributed by atoms with van der Waals surface area (Å²) in [4.78, 5) is 47.6. The summed E-state index contributed by atoms with van der Waals surface area (Å²) in [5, 5.41) is 17.7. The molecule has 2 aliphatic heterocycles. The van der Waals surface area contributed by atoms with Gasteiger partial charge in [-0.2, -0.15) is 0 Å². The lowest BCUT2D eigenvalue weighted by Gasteiger charge is -2.11. The van der Waals surface area contributed by atoms with E-state index in [0.717, 1.165) is 49.0 Å². The molecule has 0 spiro atoms. The van der Waals surface area contributed by atoms with Crippen LogP contribution in [0.25, 0.3) is 0 Å². The number of amidine groups is 2. The van der Waals surface area contributed by atoms with E-state index >= 15 is 0 Å². The summed E-state index contributed by atoms with van der Waals surface area (Å²) in [5.41, 5.74) is 4.69. The van der Waals surface area contributed by atoms with E-state index in [9.17, 15) is 14.4 Å². The van der Waals surface area contributed by atoms with Crippen LogP contribution >= 0.6 is 12.4 Å². The van der Waals surface area contributed by atoms with Gasteiger partial charge in [0.05, 0.1) is 13.1 Å². The molecule has 4 amide bonds. The minimum absolute atomic E-state index is 0. The molecule has 0 unspecified atom stereocenters. The zero-order valence-electron chi connectivity index (χ0n) is 24.1. The highest BCUT2D eigenvalue weighted by Gasteiger charge is 2.14. The van der Waals surface area contributed by atoms with E-state index in [0.29, 0.717) is 33.9 Å². The van der Waals surface area contributed by atoms with Crippen LogP contribution in [0, 0.1) is 0 Å². The number of halogens is 1. The lowest BCUT2D eigenvalue weighted by molar-refractivity contribution is 0.101. The van der Waals surface area contributed by atoms with Gasteiger partial charge >= 0.3 is 6.03 Å². The van der Waals surface area contributed by atoms with Crippen molar-refractivity contribution in [2.24, 2.45) is 9.98 Å². The van der Waals surface area contributed by atoms with Gasteiger partial charge in [0.15, 0.2) is 0 Å². The molecular formula is C33H31ClN8O3. The summed E-state index contributed by atoms with van der Waals surface area (Å²) in [7, 11) is 0. The van der Waals surface area contributed by atoms with Crippen LogP contribution in [0.1, 0.15) is 31.8 Å². The first-order valence-corrected chi connectivity index (χ1v) is 14.2. The van der Waals surface area contributed by atoms with Crippen LogP contribution in [0.15, 0.2) is 107 Å². The Hall–Kier alpha value is -5.68. The van der Waals surface area contributed by atoms with Gasteiger partial charge in [-0.3, -0.25) is 19.6 Å². The van der Waals surface area contributed by atoms with E-state index in [-0.39, 0.29) is 24.2 Å². The van der Waals surface area contributed by atoms with Crippen LogP contribution in [0.4, 0.5) is 27.5 Å². The van der Waals surface area contributed by atoms with Gasteiger partial charge in [0, 0.05) is 58.1 Å². The maximum atomic E-state index is 13.0. The number of amides is 4. The first kappa shape index (κ1) is 30.8. The number of nitrogens with zero attached hydrogens (tertiary/aromatic N) is 2. The van der Waals surface area contributed by atoms with E-state index in [4.69, 9.17) is 0 Å². The van der Waals surface area contributed by atoms with Crippen molar-refractivity contribution in [3.63, 3.8) is 0 Å². The van der Waals surface area contributed by atoms with Gasteiger partial charge in [0.25, 0.3) is 11.8 Å². The lowest BCUT2D eigenvalue weighted by Crippen LogP contribution is -2.21. The molecule has 12 heteroatoms. The molecule has 2 heterocycles. The van der Waals surface area contributed by atoms with Gasteiger partial charge in [-0.1, -0.05) is 36.4 Å². The number of anilines is 4. The van der Waals surface area contributed by atoms with Gasteiger partial charge in [0.2, 0.25) is 0 Å². The van der Waals surface area contributed by atoms with E-state index in [1.165, 1.54) is 0 Å². The fourth-order valence-corrected chi connectivity index (χ4v) is 4.85. The molecule has 2 aliphatic rings. The van der Waals surface area contributed by atoms with Crippen molar-refractivity contribution in [1.82, 2.24) is 10.6 Å². The Balaban J connectivity index is 0.00000400. The molecule has 0 bridgehead atoms. The molecule has 0 aromatic heterocycles. The van der Waals surface area contributed by atoms with Crippen LogP contribution in [0.5, 0.6) is 0 Å². The molecule has 4 aromatic carbocycles. The number of nitrogens with one attached hydrogen (secondary N) is 6. The molecule has 0 saturated carbocycles. The van der Waals surface area contributed by atoms with Crippen LogP contribution in [0.3, 0.4) is 0 Å². The van der Waals surface area contributed by atoms with Gasteiger partial charge in [-0.25, -0.2) is 4.79 Å². The first-order chi connectivity index (χ1) is 21.5. The minimum atomic E-state index is -0.518. The minimum Gasteiger partial charge on any atom is -0.368 e. The summed E-state index contributed by atoms with van der Waals surface area (Å²) >= 11 is 0. The zero-order valence-corrected chi connectivity index (χ0v) is 24.9. The predicted molar refractivity (Wildman–Crippen MR) is 180 cm³/mol. The average molecular weight is 623 g/mol. The molecule has 4 aromatic rings. The monoisotopic (exact) mass is 622 g/mol. The Morgan fingerprint density at radius 1 is 0.533 bits per heavy atom. The molecule has 0 saturated heterocycles. The van der Waals surface area contributed by atoms with E-state index in [1.807, 2.05) is 36.4 Å². The molecule has 0 aliphatic carbocycles. The van der Waals surface area contributed by atoms with Crippen molar-refractivity contribution in [3.05, 3.63) is 119 Å². The van der Waals surface area contributed by atoms with E-state index in [1.54, 1.807) is 60.7 Å². The SMILES string of the molecule is Cl.O=C(Nc1cccc(C(=O)Nc2cccc(C3=NCCN3)c2)c1)Nc1cccc(C(=O)Nc2cccc(C3=NCCN3)c2)c1. The maximum absolute atomic E-state index is 13.0. The summed E-state index contributed by atoms with van der Waals surface area (Å²) in [6, 6.07) is 27.7. The molecule has 11 nitrogen and oxygen atoms in total. The highest BCUT2D eigenvalue weighted by Crippen LogP contribution is 2.18. The van der Waals surface area contributed by atoms with Crippen LogP contribution < -0.4 is 31.9 Å². The number of urea groups is 1. The van der Waals surface area contributed by atoms with Crippen LogP contribution in [-0.4, -0.2) is 55.7 Å². The number of aliphatic imine (C=N–C) groups is 2. The predicted octanol–water partition coefficient (Wildman–Crippen LogP) is 4.96. The third-order valence-corrected chi connectivity index (χ3v) is 6.90. The number of hydrogen-bond donors (Lipinski definition) is 6. The summed E-state index contributed by atoms with van der Waals surface area (Å²) in [6.45, 7) is 3.04. The number of benzene rings is 4. The van der Waals surface area contributed by atoms with Gasteiger partial charge in [0.1, 0.15) is 11.7 Å². The Labute approximate surface area is 266 Å². The normalized spacial score (nSPS) is 13.2. The Morgan fingerprint density at radius 3 is 1.33 bits per heavy atom. The van der Waals surface area contributed by atoms with Gasteiger partial charge < -0.3 is 31.9 Å². The number of hydrogen-bond acceptors (Lipinski definition) is 7. The number of rotatable bonds is 8. The summed E-state index contributed by atoms with van der Waals surface area (Å²) < 4.78 is 0. The summed E-state index contributed by atoms with van der Waals surface area (Å²) in [6.07, 6.45) is 0. The lowest BCUT2D eigenvalue weighted by atomic mass is 10.1. The first-order valence-electron chi connectivity index (χ1n) is 14.2. The third kappa shape index (κ3) is 7.84.